The second-order valence-corrected chi connectivity index (χ2v) is 9.42. The van der Waals surface area contributed by atoms with Crippen molar-refractivity contribution in [2.24, 2.45) is 0 Å². The number of carbonyl (C=O) groups is 1. The van der Waals surface area contributed by atoms with Crippen LogP contribution in [0.25, 0.3) is 6.08 Å². The zero-order chi connectivity index (χ0) is 25.7. The van der Waals surface area contributed by atoms with Crippen LogP contribution in [0.5, 0.6) is 5.75 Å². The quantitative estimate of drug-likeness (QED) is 0.256. The van der Waals surface area contributed by atoms with E-state index in [-0.39, 0.29) is 6.10 Å². The molecule has 0 aliphatic carbocycles. The van der Waals surface area contributed by atoms with Crippen LogP contribution in [0.3, 0.4) is 0 Å². The minimum atomic E-state index is -4.69. The standard InChI is InChI=1S/C27H40F3NO4/c1-2-3-4-5-6-7-8-9-10-11-18-31-20-23(19-24(31)26(33)34)35-22-15-12-21(13-16-22)14-17-25(32)27(28,29)30/h12-17,23-25,32H,2-11,18-20H2,1H3,(H,33,34)/b17-14+/t23-,24-,25?/m0/s1. The van der Waals surface area contributed by atoms with Crippen molar-refractivity contribution in [1.29, 1.82) is 0 Å². The number of nitrogens with zero attached hydrogens (tertiary/aromatic N) is 1. The van der Waals surface area contributed by atoms with Crippen molar-refractivity contribution in [2.45, 2.75) is 102 Å². The summed E-state index contributed by atoms with van der Waals surface area (Å²) in [6.45, 7) is 3.49. The van der Waals surface area contributed by atoms with Crippen molar-refractivity contribution in [1.82, 2.24) is 4.90 Å². The van der Waals surface area contributed by atoms with Crippen molar-refractivity contribution in [2.75, 3.05) is 13.1 Å². The normalized spacial score (nSPS) is 19.9. The minimum Gasteiger partial charge on any atom is -0.489 e. The van der Waals surface area contributed by atoms with Crippen LogP contribution in [0.1, 0.15) is 83.1 Å². The number of benzene rings is 1. The molecule has 198 valence electrons. The molecule has 0 saturated carbocycles. The van der Waals surface area contributed by atoms with Gasteiger partial charge >= 0.3 is 12.1 Å². The van der Waals surface area contributed by atoms with Crippen LogP contribution in [0.15, 0.2) is 30.3 Å². The summed E-state index contributed by atoms with van der Waals surface area (Å²) in [5, 5.41) is 18.7. The lowest BCUT2D eigenvalue weighted by molar-refractivity contribution is -0.187. The summed E-state index contributed by atoms with van der Waals surface area (Å²) < 4.78 is 43.1. The van der Waals surface area contributed by atoms with E-state index in [1.807, 2.05) is 4.90 Å². The summed E-state index contributed by atoms with van der Waals surface area (Å²) in [6, 6.07) is 5.91. The van der Waals surface area contributed by atoms with Crippen molar-refractivity contribution < 1.29 is 32.9 Å². The van der Waals surface area contributed by atoms with Gasteiger partial charge in [-0.1, -0.05) is 82.9 Å². The highest BCUT2D eigenvalue weighted by Gasteiger charge is 2.38. The van der Waals surface area contributed by atoms with Gasteiger partial charge < -0.3 is 14.9 Å². The predicted molar refractivity (Wildman–Crippen MR) is 131 cm³/mol. The van der Waals surface area contributed by atoms with Crippen molar-refractivity contribution >= 4 is 12.0 Å². The molecule has 5 nitrogen and oxygen atoms in total. The topological polar surface area (TPSA) is 70.0 Å². The van der Waals surface area contributed by atoms with Crippen LogP contribution in [0.2, 0.25) is 0 Å². The summed E-state index contributed by atoms with van der Waals surface area (Å²) in [5.41, 5.74) is 0.498. The molecule has 1 unspecified atom stereocenters. The molecule has 0 spiro atoms. The molecule has 35 heavy (non-hydrogen) atoms. The molecule has 1 aliphatic heterocycles. The Bertz CT molecular complexity index is 767. The number of hydrogen-bond acceptors (Lipinski definition) is 4. The zero-order valence-electron chi connectivity index (χ0n) is 20.7. The molecule has 2 rings (SSSR count). The maximum atomic E-state index is 12.4. The molecule has 1 saturated heterocycles. The molecule has 0 bridgehead atoms. The van der Waals surface area contributed by atoms with E-state index in [1.165, 1.54) is 57.4 Å². The number of unbranched alkanes of at least 4 members (excludes halogenated alkanes) is 9. The third-order valence-corrected chi connectivity index (χ3v) is 6.44. The Morgan fingerprint density at radius 2 is 1.63 bits per heavy atom. The van der Waals surface area contributed by atoms with Gasteiger partial charge in [0.15, 0.2) is 6.10 Å². The van der Waals surface area contributed by atoms with E-state index >= 15 is 0 Å². The molecule has 1 fully saturated rings. The average molecular weight is 500 g/mol. The average Bonchev–Trinajstić information content (AvgIpc) is 3.21. The maximum absolute atomic E-state index is 12.4. The van der Waals surface area contributed by atoms with Gasteiger partial charge in [-0.05, 0) is 36.7 Å². The van der Waals surface area contributed by atoms with Gasteiger partial charge in [-0.3, -0.25) is 9.69 Å². The summed E-state index contributed by atoms with van der Waals surface area (Å²) in [5.74, 6) is -0.305. The second-order valence-electron chi connectivity index (χ2n) is 9.42. The van der Waals surface area contributed by atoms with E-state index in [1.54, 1.807) is 24.3 Å². The molecule has 1 aliphatic rings. The van der Waals surface area contributed by atoms with Gasteiger partial charge in [0.25, 0.3) is 0 Å². The van der Waals surface area contributed by atoms with Gasteiger partial charge in [0, 0.05) is 13.0 Å². The van der Waals surface area contributed by atoms with Crippen LogP contribution >= 0.6 is 0 Å². The van der Waals surface area contributed by atoms with Crippen LogP contribution in [0, 0.1) is 0 Å². The molecule has 0 amide bonds. The fraction of sp³-hybridized carbons (Fsp3) is 0.667. The van der Waals surface area contributed by atoms with Gasteiger partial charge in [0.2, 0.25) is 0 Å². The Morgan fingerprint density at radius 3 is 2.17 bits per heavy atom. The Hall–Kier alpha value is -2.06. The Morgan fingerprint density at radius 1 is 1.06 bits per heavy atom. The summed E-state index contributed by atoms with van der Waals surface area (Å²) in [7, 11) is 0. The first-order valence-electron chi connectivity index (χ1n) is 12.9. The molecule has 2 N–H and O–H groups in total. The van der Waals surface area contributed by atoms with E-state index < -0.39 is 24.3 Å². The molecule has 1 aromatic carbocycles. The number of aliphatic carboxylic acids is 1. The summed E-state index contributed by atoms with van der Waals surface area (Å²) >= 11 is 0. The summed E-state index contributed by atoms with van der Waals surface area (Å²) in [6.07, 6.45) is 7.14. The number of halogens is 3. The highest BCUT2D eigenvalue weighted by Crippen LogP contribution is 2.25. The van der Waals surface area contributed by atoms with Gasteiger partial charge in [-0.2, -0.15) is 13.2 Å². The van der Waals surface area contributed by atoms with Gasteiger partial charge in [-0.25, -0.2) is 0 Å². The smallest absolute Gasteiger partial charge is 0.417 e. The lowest BCUT2D eigenvalue weighted by atomic mass is 10.1. The zero-order valence-corrected chi connectivity index (χ0v) is 20.7. The fourth-order valence-corrected chi connectivity index (χ4v) is 4.41. The lowest BCUT2D eigenvalue weighted by Gasteiger charge is -2.20. The SMILES string of the molecule is CCCCCCCCCCCCN1C[C@@H](Oc2ccc(/C=C/C(O)C(F)(F)F)cc2)C[C@H]1C(=O)O. The number of carboxylic acid groups (broad SMARTS) is 1. The molecule has 1 heterocycles. The second kappa shape index (κ2) is 15.1. The third kappa shape index (κ3) is 11.0. The number of likely N-dealkylation sites (tertiary alicyclic amines) is 1. The third-order valence-electron chi connectivity index (χ3n) is 6.44. The maximum Gasteiger partial charge on any atom is 0.417 e. The monoisotopic (exact) mass is 499 g/mol. The van der Waals surface area contributed by atoms with Gasteiger partial charge in [0.05, 0.1) is 0 Å². The number of aliphatic hydroxyl groups is 1. The van der Waals surface area contributed by atoms with E-state index in [2.05, 4.69) is 6.92 Å². The minimum absolute atomic E-state index is 0.257. The van der Waals surface area contributed by atoms with Crippen molar-refractivity contribution in [3.63, 3.8) is 0 Å². The van der Waals surface area contributed by atoms with Gasteiger partial charge in [0.1, 0.15) is 17.9 Å². The lowest BCUT2D eigenvalue weighted by Crippen LogP contribution is -2.36. The molecule has 0 radical (unpaired) electrons. The molecule has 8 heteroatoms. The number of carboxylic acids is 1. The fourth-order valence-electron chi connectivity index (χ4n) is 4.41. The largest absolute Gasteiger partial charge is 0.489 e. The number of rotatable bonds is 16. The number of aliphatic hydroxyl groups excluding tert-OH is 1. The first-order valence-corrected chi connectivity index (χ1v) is 12.9. The van der Waals surface area contributed by atoms with Gasteiger partial charge in [-0.15, -0.1) is 0 Å². The molecule has 0 aromatic heterocycles. The molecular weight excluding hydrogens is 459 g/mol. The number of alkyl halides is 3. The van der Waals surface area contributed by atoms with E-state index in [9.17, 15) is 23.1 Å². The van der Waals surface area contributed by atoms with Crippen LogP contribution < -0.4 is 4.74 Å². The van der Waals surface area contributed by atoms with Crippen LogP contribution in [0.4, 0.5) is 13.2 Å². The molecule has 1 aromatic rings. The molecular formula is C27H40F3NO4. The Kier molecular flexibility index (Phi) is 12.6. The highest BCUT2D eigenvalue weighted by atomic mass is 19.4. The first-order chi connectivity index (χ1) is 16.7. The number of ether oxygens (including phenoxy) is 1. The predicted octanol–water partition coefficient (Wildman–Crippen LogP) is 6.45. The molecule has 3 atom stereocenters. The Labute approximate surface area is 207 Å². The van der Waals surface area contributed by atoms with E-state index in [0.717, 1.165) is 19.4 Å². The highest BCUT2D eigenvalue weighted by molar-refractivity contribution is 5.74. The summed E-state index contributed by atoms with van der Waals surface area (Å²) in [4.78, 5) is 13.7. The van der Waals surface area contributed by atoms with E-state index in [0.29, 0.717) is 30.4 Å². The van der Waals surface area contributed by atoms with Crippen LogP contribution in [-0.2, 0) is 4.79 Å². The van der Waals surface area contributed by atoms with Crippen molar-refractivity contribution in [3.05, 3.63) is 35.9 Å². The van der Waals surface area contributed by atoms with Crippen LogP contribution in [-0.4, -0.2) is 58.6 Å². The van der Waals surface area contributed by atoms with Crippen molar-refractivity contribution in [3.8, 4) is 5.75 Å². The Balaban J connectivity index is 1.73. The van der Waals surface area contributed by atoms with E-state index in [4.69, 9.17) is 9.84 Å². The first kappa shape index (κ1) is 29.2. The number of hydrogen-bond donors (Lipinski definition) is 2.